The Morgan fingerprint density at radius 3 is 2.48 bits per heavy atom. The molecule has 1 aromatic carbocycles. The molecule has 1 N–H and O–H groups in total. The zero-order chi connectivity index (χ0) is 19.8. The molecule has 2 saturated heterocycles. The van der Waals surface area contributed by atoms with Crippen LogP contribution in [0, 0.1) is 6.92 Å². The van der Waals surface area contributed by atoms with E-state index in [1.165, 1.54) is 19.1 Å². The Labute approximate surface area is 159 Å². The molecule has 0 spiro atoms. The number of ether oxygens (including phenoxy) is 3. The first kappa shape index (κ1) is 20.2. The standard InChI is InChI=1S/C18H25NO7S/c1-11-5-7-13(8-6-11)27(21,22)24-10-15-17-16(25-18(3,4)26-17)14(9-23-15)19-12(2)20/h5-8,14-17H,9-10H2,1-4H3,(H,19,20)/t14-,15+,16+,17-/m0/s1. The fourth-order valence-corrected chi connectivity index (χ4v) is 4.21. The van der Waals surface area contributed by atoms with Gasteiger partial charge in [-0.15, -0.1) is 0 Å². The molecule has 0 bridgehead atoms. The lowest BCUT2D eigenvalue weighted by molar-refractivity contribution is -0.156. The van der Waals surface area contributed by atoms with Crippen LogP contribution in [0.1, 0.15) is 26.3 Å². The van der Waals surface area contributed by atoms with E-state index in [-0.39, 0.29) is 30.1 Å². The van der Waals surface area contributed by atoms with E-state index in [0.29, 0.717) is 0 Å². The van der Waals surface area contributed by atoms with Gasteiger partial charge in [-0.1, -0.05) is 17.7 Å². The summed E-state index contributed by atoms with van der Waals surface area (Å²) in [5.74, 6) is -1.07. The van der Waals surface area contributed by atoms with Crippen LogP contribution in [0.5, 0.6) is 0 Å². The Morgan fingerprint density at radius 1 is 1.22 bits per heavy atom. The topological polar surface area (TPSA) is 100 Å². The molecule has 2 heterocycles. The van der Waals surface area contributed by atoms with Crippen molar-refractivity contribution in [2.45, 2.75) is 62.7 Å². The van der Waals surface area contributed by atoms with Gasteiger partial charge < -0.3 is 19.5 Å². The van der Waals surface area contributed by atoms with E-state index in [0.717, 1.165) is 5.56 Å². The molecule has 1 aromatic rings. The molecular formula is C18H25NO7S. The van der Waals surface area contributed by atoms with E-state index in [1.807, 2.05) is 6.92 Å². The largest absolute Gasteiger partial charge is 0.371 e. The molecule has 2 aliphatic rings. The highest BCUT2D eigenvalue weighted by Gasteiger charge is 2.52. The molecule has 8 nitrogen and oxygen atoms in total. The van der Waals surface area contributed by atoms with Crippen molar-refractivity contribution in [1.82, 2.24) is 5.32 Å². The second-order valence-corrected chi connectivity index (χ2v) is 8.91. The van der Waals surface area contributed by atoms with E-state index in [1.54, 1.807) is 26.0 Å². The molecule has 3 rings (SSSR count). The molecule has 2 fully saturated rings. The van der Waals surface area contributed by atoms with Gasteiger partial charge in [-0.2, -0.15) is 8.42 Å². The van der Waals surface area contributed by atoms with Gasteiger partial charge in [-0.05, 0) is 32.9 Å². The van der Waals surface area contributed by atoms with Crippen molar-refractivity contribution >= 4 is 16.0 Å². The van der Waals surface area contributed by atoms with Gasteiger partial charge >= 0.3 is 0 Å². The predicted molar refractivity (Wildman–Crippen MR) is 95.5 cm³/mol. The van der Waals surface area contributed by atoms with Gasteiger partial charge in [0.05, 0.1) is 24.2 Å². The molecule has 150 valence electrons. The Kier molecular flexibility index (Phi) is 5.60. The van der Waals surface area contributed by atoms with Crippen molar-refractivity contribution < 1.29 is 31.6 Å². The maximum atomic E-state index is 12.4. The Morgan fingerprint density at radius 2 is 1.85 bits per heavy atom. The second kappa shape index (κ2) is 7.48. The van der Waals surface area contributed by atoms with Crippen molar-refractivity contribution in [1.29, 1.82) is 0 Å². The average molecular weight is 399 g/mol. The Balaban J connectivity index is 1.70. The Bertz CT molecular complexity index is 790. The van der Waals surface area contributed by atoms with Crippen LogP contribution in [0.4, 0.5) is 0 Å². The van der Waals surface area contributed by atoms with E-state index >= 15 is 0 Å². The van der Waals surface area contributed by atoms with Crippen LogP contribution in [0.2, 0.25) is 0 Å². The van der Waals surface area contributed by atoms with Gasteiger partial charge in [0.15, 0.2) is 5.79 Å². The first-order chi connectivity index (χ1) is 12.6. The summed E-state index contributed by atoms with van der Waals surface area (Å²) in [6.07, 6.45) is -1.64. The summed E-state index contributed by atoms with van der Waals surface area (Å²) in [5, 5.41) is 2.79. The zero-order valence-electron chi connectivity index (χ0n) is 15.8. The fraction of sp³-hybridized carbons (Fsp3) is 0.611. The lowest BCUT2D eigenvalue weighted by Crippen LogP contribution is -2.58. The van der Waals surface area contributed by atoms with E-state index in [9.17, 15) is 13.2 Å². The third-order valence-electron chi connectivity index (χ3n) is 4.50. The summed E-state index contributed by atoms with van der Waals surface area (Å²) in [4.78, 5) is 11.5. The summed E-state index contributed by atoms with van der Waals surface area (Å²) >= 11 is 0. The minimum atomic E-state index is -3.91. The smallest absolute Gasteiger partial charge is 0.297 e. The number of aryl methyl sites for hydroxylation is 1. The van der Waals surface area contributed by atoms with Crippen LogP contribution in [0.3, 0.4) is 0 Å². The third-order valence-corrected chi connectivity index (χ3v) is 5.80. The van der Waals surface area contributed by atoms with Crippen molar-refractivity contribution in [2.75, 3.05) is 13.2 Å². The monoisotopic (exact) mass is 399 g/mol. The van der Waals surface area contributed by atoms with Crippen LogP contribution in [-0.4, -0.2) is 57.7 Å². The molecule has 0 radical (unpaired) electrons. The van der Waals surface area contributed by atoms with Crippen molar-refractivity contribution in [3.63, 3.8) is 0 Å². The summed E-state index contributed by atoms with van der Waals surface area (Å²) in [5.41, 5.74) is 0.954. The van der Waals surface area contributed by atoms with Gasteiger partial charge in [-0.25, -0.2) is 0 Å². The molecule has 0 aromatic heterocycles. The molecule has 27 heavy (non-hydrogen) atoms. The lowest BCUT2D eigenvalue weighted by atomic mass is 9.98. The van der Waals surface area contributed by atoms with Gasteiger partial charge in [0.25, 0.3) is 10.1 Å². The van der Waals surface area contributed by atoms with Crippen molar-refractivity contribution in [2.24, 2.45) is 0 Å². The molecule has 9 heteroatoms. The van der Waals surface area contributed by atoms with Crippen molar-refractivity contribution in [3.8, 4) is 0 Å². The van der Waals surface area contributed by atoms with Gasteiger partial charge in [0.1, 0.15) is 18.3 Å². The normalized spacial score (nSPS) is 29.9. The van der Waals surface area contributed by atoms with Crippen LogP contribution in [-0.2, 0) is 33.3 Å². The minimum Gasteiger partial charge on any atom is -0.371 e. The van der Waals surface area contributed by atoms with Crippen LogP contribution in [0.25, 0.3) is 0 Å². The maximum Gasteiger partial charge on any atom is 0.297 e. The summed E-state index contributed by atoms with van der Waals surface area (Å²) in [6.45, 7) is 6.79. The van der Waals surface area contributed by atoms with E-state index in [2.05, 4.69) is 5.32 Å². The highest BCUT2D eigenvalue weighted by atomic mass is 32.2. The summed E-state index contributed by atoms with van der Waals surface area (Å²) in [7, 11) is -3.91. The number of nitrogens with one attached hydrogen (secondary N) is 1. The zero-order valence-corrected chi connectivity index (χ0v) is 16.6. The number of hydrogen-bond donors (Lipinski definition) is 1. The number of amides is 1. The number of carbonyl (C=O) groups excluding carboxylic acids is 1. The van der Waals surface area contributed by atoms with Gasteiger partial charge in [0, 0.05) is 6.92 Å². The van der Waals surface area contributed by atoms with Crippen LogP contribution >= 0.6 is 0 Å². The molecule has 2 aliphatic heterocycles. The summed E-state index contributed by atoms with van der Waals surface area (Å²) in [6, 6.07) is 6.04. The molecule has 1 amide bonds. The predicted octanol–water partition coefficient (Wildman–Crippen LogP) is 1.12. The SMILES string of the molecule is CC(=O)N[C@H]1CO[C@H](COS(=O)(=O)c2ccc(C)cc2)[C@@H]2OC(C)(C)O[C@@H]21. The number of hydrogen-bond acceptors (Lipinski definition) is 7. The van der Waals surface area contributed by atoms with E-state index in [4.69, 9.17) is 18.4 Å². The number of benzene rings is 1. The quantitative estimate of drug-likeness (QED) is 0.741. The molecule has 0 saturated carbocycles. The molecule has 4 atom stereocenters. The van der Waals surface area contributed by atoms with Crippen molar-refractivity contribution in [3.05, 3.63) is 29.8 Å². The van der Waals surface area contributed by atoms with Gasteiger partial charge in [0.2, 0.25) is 5.91 Å². The van der Waals surface area contributed by atoms with Crippen LogP contribution < -0.4 is 5.32 Å². The Hall–Kier alpha value is -1.52. The molecular weight excluding hydrogens is 374 g/mol. The molecule has 0 unspecified atom stereocenters. The minimum absolute atomic E-state index is 0.0838. The van der Waals surface area contributed by atoms with Gasteiger partial charge in [-0.3, -0.25) is 8.98 Å². The number of carbonyl (C=O) groups is 1. The summed E-state index contributed by atoms with van der Waals surface area (Å²) < 4.78 is 47.6. The second-order valence-electron chi connectivity index (χ2n) is 7.30. The third kappa shape index (κ3) is 4.67. The average Bonchev–Trinajstić information content (AvgIpc) is 2.90. The van der Waals surface area contributed by atoms with Crippen LogP contribution in [0.15, 0.2) is 29.2 Å². The van der Waals surface area contributed by atoms with E-state index < -0.39 is 34.2 Å². The fourth-order valence-electron chi connectivity index (χ4n) is 3.29. The first-order valence-electron chi connectivity index (χ1n) is 8.78. The number of rotatable bonds is 5. The first-order valence-corrected chi connectivity index (χ1v) is 10.2. The highest BCUT2D eigenvalue weighted by Crippen LogP contribution is 2.35. The lowest BCUT2D eigenvalue weighted by Gasteiger charge is -2.36. The highest BCUT2D eigenvalue weighted by molar-refractivity contribution is 7.86. The number of fused-ring (bicyclic) bond motifs is 1. The maximum absolute atomic E-state index is 12.4. The molecule has 0 aliphatic carbocycles.